The van der Waals surface area contributed by atoms with E-state index in [-0.39, 0.29) is 0 Å². The van der Waals surface area contributed by atoms with Gasteiger partial charge in [-0.05, 0) is 62.9 Å². The van der Waals surface area contributed by atoms with Gasteiger partial charge in [-0.1, -0.05) is 20.3 Å². The summed E-state index contributed by atoms with van der Waals surface area (Å²) in [6.07, 6.45) is 9.63. The van der Waals surface area contributed by atoms with Crippen molar-refractivity contribution in [3.8, 4) is 0 Å². The third kappa shape index (κ3) is 3.03. The smallest absolute Gasteiger partial charge is 0.00928 e. The van der Waals surface area contributed by atoms with E-state index >= 15 is 0 Å². The molecule has 100 valence electrons. The van der Waals surface area contributed by atoms with Crippen molar-refractivity contribution in [1.29, 1.82) is 0 Å². The molecule has 2 nitrogen and oxygen atoms in total. The van der Waals surface area contributed by atoms with Gasteiger partial charge in [0.1, 0.15) is 0 Å². The van der Waals surface area contributed by atoms with Gasteiger partial charge in [0.2, 0.25) is 0 Å². The molecular weight excluding hydrogens is 208 g/mol. The molecule has 0 amide bonds. The van der Waals surface area contributed by atoms with E-state index in [1.165, 1.54) is 51.5 Å². The summed E-state index contributed by atoms with van der Waals surface area (Å²) in [6.45, 7) is 6.94. The molecule has 2 fully saturated rings. The molecular formula is C15H30N2. The van der Waals surface area contributed by atoms with E-state index in [2.05, 4.69) is 25.8 Å². The summed E-state index contributed by atoms with van der Waals surface area (Å²) in [7, 11) is 2.32. The van der Waals surface area contributed by atoms with E-state index in [0.29, 0.717) is 10.8 Å². The van der Waals surface area contributed by atoms with Gasteiger partial charge in [0, 0.05) is 12.6 Å². The van der Waals surface area contributed by atoms with Crippen LogP contribution in [0.2, 0.25) is 0 Å². The second-order valence-electron chi connectivity index (χ2n) is 7.37. The number of hydrogen-bond acceptors (Lipinski definition) is 2. The van der Waals surface area contributed by atoms with Crippen molar-refractivity contribution in [2.75, 3.05) is 20.1 Å². The largest absolute Gasteiger partial charge is 0.330 e. The van der Waals surface area contributed by atoms with Crippen molar-refractivity contribution < 1.29 is 0 Å². The molecule has 0 aromatic rings. The third-order valence-corrected chi connectivity index (χ3v) is 5.36. The Morgan fingerprint density at radius 2 is 1.71 bits per heavy atom. The zero-order chi connectivity index (χ0) is 12.5. The van der Waals surface area contributed by atoms with Gasteiger partial charge in [0.05, 0.1) is 0 Å². The van der Waals surface area contributed by atoms with E-state index in [9.17, 15) is 0 Å². The molecule has 17 heavy (non-hydrogen) atoms. The SMILES string of the molecule is CN(CC1(CN)CCC1)C1CCC(C)(C)CC1. The lowest BCUT2D eigenvalue weighted by Crippen LogP contribution is -2.49. The van der Waals surface area contributed by atoms with Crippen LogP contribution in [0.5, 0.6) is 0 Å². The molecule has 0 aromatic heterocycles. The second kappa shape index (κ2) is 4.89. The van der Waals surface area contributed by atoms with Gasteiger partial charge in [0.15, 0.2) is 0 Å². The highest BCUT2D eigenvalue weighted by Gasteiger charge is 2.38. The van der Waals surface area contributed by atoms with Gasteiger partial charge in [-0.2, -0.15) is 0 Å². The maximum Gasteiger partial charge on any atom is 0.00928 e. The molecule has 0 atom stereocenters. The third-order valence-electron chi connectivity index (χ3n) is 5.36. The highest BCUT2D eigenvalue weighted by atomic mass is 15.1. The topological polar surface area (TPSA) is 29.3 Å². The van der Waals surface area contributed by atoms with E-state index in [1.54, 1.807) is 0 Å². The predicted molar refractivity (Wildman–Crippen MR) is 74.0 cm³/mol. The molecule has 0 radical (unpaired) electrons. The van der Waals surface area contributed by atoms with Crippen molar-refractivity contribution in [2.24, 2.45) is 16.6 Å². The summed E-state index contributed by atoms with van der Waals surface area (Å²) >= 11 is 0. The molecule has 2 heteroatoms. The molecule has 0 aliphatic heterocycles. The first-order chi connectivity index (χ1) is 7.96. The first-order valence-electron chi connectivity index (χ1n) is 7.37. The van der Waals surface area contributed by atoms with Crippen molar-refractivity contribution in [2.45, 2.75) is 64.8 Å². The Balaban J connectivity index is 1.82. The van der Waals surface area contributed by atoms with Crippen LogP contribution in [0, 0.1) is 10.8 Å². The van der Waals surface area contributed by atoms with Crippen LogP contribution in [-0.2, 0) is 0 Å². The monoisotopic (exact) mass is 238 g/mol. The first-order valence-corrected chi connectivity index (χ1v) is 7.37. The Morgan fingerprint density at radius 3 is 2.12 bits per heavy atom. The minimum Gasteiger partial charge on any atom is -0.330 e. The predicted octanol–water partition coefficient (Wildman–Crippen LogP) is 3.02. The molecule has 2 aliphatic carbocycles. The number of rotatable bonds is 4. The average molecular weight is 238 g/mol. The molecule has 0 heterocycles. The van der Waals surface area contributed by atoms with E-state index in [1.807, 2.05) is 0 Å². The summed E-state index contributed by atoms with van der Waals surface area (Å²) in [5, 5.41) is 0. The van der Waals surface area contributed by atoms with E-state index in [0.717, 1.165) is 12.6 Å². The molecule has 0 saturated heterocycles. The van der Waals surface area contributed by atoms with Crippen LogP contribution in [0.1, 0.15) is 58.8 Å². The van der Waals surface area contributed by atoms with Crippen molar-refractivity contribution >= 4 is 0 Å². The fourth-order valence-corrected chi connectivity index (χ4v) is 3.59. The van der Waals surface area contributed by atoms with Crippen molar-refractivity contribution in [3.05, 3.63) is 0 Å². The van der Waals surface area contributed by atoms with Gasteiger partial charge >= 0.3 is 0 Å². The fraction of sp³-hybridized carbons (Fsp3) is 1.00. The summed E-state index contributed by atoms with van der Waals surface area (Å²) in [4.78, 5) is 2.61. The Morgan fingerprint density at radius 1 is 1.12 bits per heavy atom. The Labute approximate surface area is 107 Å². The Bertz CT molecular complexity index is 240. The molecule has 0 aromatic carbocycles. The van der Waals surface area contributed by atoms with Crippen LogP contribution in [-0.4, -0.2) is 31.1 Å². The Hall–Kier alpha value is -0.0800. The van der Waals surface area contributed by atoms with Crippen LogP contribution < -0.4 is 5.73 Å². The normalized spacial score (nSPS) is 28.1. The lowest BCUT2D eigenvalue weighted by Gasteiger charge is -2.47. The zero-order valence-electron chi connectivity index (χ0n) is 12.0. The fourth-order valence-electron chi connectivity index (χ4n) is 3.59. The first kappa shape index (κ1) is 13.4. The number of nitrogens with zero attached hydrogens (tertiary/aromatic N) is 1. The summed E-state index contributed by atoms with van der Waals surface area (Å²) < 4.78 is 0. The average Bonchev–Trinajstić information content (AvgIpc) is 2.23. The summed E-state index contributed by atoms with van der Waals surface area (Å²) in [6, 6.07) is 0.812. The summed E-state index contributed by atoms with van der Waals surface area (Å²) in [5.74, 6) is 0. The van der Waals surface area contributed by atoms with Gasteiger partial charge in [-0.25, -0.2) is 0 Å². The van der Waals surface area contributed by atoms with Crippen LogP contribution in [0.25, 0.3) is 0 Å². The van der Waals surface area contributed by atoms with Crippen LogP contribution in [0.3, 0.4) is 0 Å². The minimum atomic E-state index is 0.474. The van der Waals surface area contributed by atoms with Gasteiger partial charge < -0.3 is 10.6 Å². The highest BCUT2D eigenvalue weighted by molar-refractivity contribution is 4.93. The standard InChI is InChI=1S/C15H30N2/c1-14(2)9-5-13(6-10-14)17(3)12-15(11-16)7-4-8-15/h13H,4-12,16H2,1-3H3. The molecule has 2 saturated carbocycles. The van der Waals surface area contributed by atoms with E-state index < -0.39 is 0 Å². The van der Waals surface area contributed by atoms with Crippen LogP contribution >= 0.6 is 0 Å². The van der Waals surface area contributed by atoms with Gasteiger partial charge in [-0.15, -0.1) is 0 Å². The van der Waals surface area contributed by atoms with Crippen LogP contribution in [0.15, 0.2) is 0 Å². The number of nitrogens with two attached hydrogens (primary N) is 1. The lowest BCUT2D eigenvalue weighted by atomic mass is 9.68. The van der Waals surface area contributed by atoms with Gasteiger partial charge in [-0.3, -0.25) is 0 Å². The summed E-state index contributed by atoms with van der Waals surface area (Å²) in [5.41, 5.74) is 7.02. The maximum absolute atomic E-state index is 5.96. The maximum atomic E-state index is 5.96. The molecule has 0 bridgehead atoms. The number of hydrogen-bond donors (Lipinski definition) is 1. The molecule has 2 rings (SSSR count). The highest BCUT2D eigenvalue weighted by Crippen LogP contribution is 2.42. The quantitative estimate of drug-likeness (QED) is 0.816. The zero-order valence-corrected chi connectivity index (χ0v) is 12.0. The second-order valence-corrected chi connectivity index (χ2v) is 7.37. The van der Waals surface area contributed by atoms with Crippen LogP contribution in [0.4, 0.5) is 0 Å². The van der Waals surface area contributed by atoms with Crippen molar-refractivity contribution in [3.63, 3.8) is 0 Å². The lowest BCUT2D eigenvalue weighted by molar-refractivity contribution is 0.0437. The van der Waals surface area contributed by atoms with Gasteiger partial charge in [0.25, 0.3) is 0 Å². The molecule has 0 unspecified atom stereocenters. The van der Waals surface area contributed by atoms with Crippen molar-refractivity contribution in [1.82, 2.24) is 4.90 Å². The Kier molecular flexibility index (Phi) is 3.84. The molecule has 2 N–H and O–H groups in total. The minimum absolute atomic E-state index is 0.474. The molecule has 0 spiro atoms. The van der Waals surface area contributed by atoms with E-state index in [4.69, 9.17) is 5.73 Å². The molecule has 2 aliphatic rings.